The smallest absolute Gasteiger partial charge is 0.235 e. The number of aromatic nitrogens is 1. The van der Waals surface area contributed by atoms with Crippen LogP contribution in [0.4, 0.5) is 5.69 Å². The second-order valence-electron chi connectivity index (χ2n) is 6.78. The average Bonchev–Trinajstić information content (AvgIpc) is 3.16. The van der Waals surface area contributed by atoms with Crippen LogP contribution < -0.4 is 5.73 Å². The lowest BCUT2D eigenvalue weighted by atomic mass is 10.1. The van der Waals surface area contributed by atoms with Crippen molar-refractivity contribution in [1.82, 2.24) is 4.98 Å². The van der Waals surface area contributed by atoms with Gasteiger partial charge in [-0.2, -0.15) is 0 Å². The van der Waals surface area contributed by atoms with Gasteiger partial charge in [0.05, 0.1) is 12.1 Å². The van der Waals surface area contributed by atoms with Gasteiger partial charge in [0, 0.05) is 5.69 Å². The van der Waals surface area contributed by atoms with E-state index in [1.165, 1.54) is 0 Å². The lowest BCUT2D eigenvalue weighted by molar-refractivity contribution is 0.290. The van der Waals surface area contributed by atoms with Gasteiger partial charge in [-0.1, -0.05) is 27.7 Å². The molecule has 0 bridgehead atoms. The molecule has 6 heteroatoms. The summed E-state index contributed by atoms with van der Waals surface area (Å²) in [5.41, 5.74) is 7.91. The van der Waals surface area contributed by atoms with Crippen LogP contribution in [0, 0.1) is 11.8 Å². The lowest BCUT2D eigenvalue weighted by Crippen LogP contribution is -2.13. The first-order valence-corrected chi connectivity index (χ1v) is 8.13. The summed E-state index contributed by atoms with van der Waals surface area (Å²) in [5.74, 6) is 1.97. The Kier molecular flexibility index (Phi) is 4.24. The molecule has 0 saturated carbocycles. The van der Waals surface area contributed by atoms with Gasteiger partial charge < -0.3 is 15.2 Å². The second kappa shape index (κ2) is 6.18. The van der Waals surface area contributed by atoms with Crippen LogP contribution in [0.15, 0.2) is 22.1 Å². The van der Waals surface area contributed by atoms with Gasteiger partial charge >= 0.3 is 0 Å². The van der Waals surface area contributed by atoms with Crippen molar-refractivity contribution >= 4 is 17.5 Å². The lowest BCUT2D eigenvalue weighted by Gasteiger charge is -2.07. The predicted molar refractivity (Wildman–Crippen MR) is 90.9 cm³/mol. The molecule has 0 radical (unpaired) electrons. The van der Waals surface area contributed by atoms with Crippen LogP contribution in [0.2, 0.25) is 0 Å². The number of nitrogens with two attached hydrogens (primary N) is 1. The molecule has 2 aliphatic heterocycles. The Morgan fingerprint density at radius 2 is 1.35 bits per heavy atom. The third kappa shape index (κ3) is 3.30. The fourth-order valence-electron chi connectivity index (χ4n) is 2.51. The van der Waals surface area contributed by atoms with Gasteiger partial charge in [0.2, 0.25) is 11.8 Å². The number of nitrogens with zero attached hydrogens (tertiary/aromatic N) is 3. The maximum absolute atomic E-state index is 6.02. The molecule has 1 aromatic rings. The zero-order valence-electron chi connectivity index (χ0n) is 14.1. The number of hydrogen-bond acceptors (Lipinski definition) is 6. The van der Waals surface area contributed by atoms with Crippen molar-refractivity contribution in [2.45, 2.75) is 39.8 Å². The molecule has 0 unspecified atom stereocenters. The van der Waals surface area contributed by atoms with Crippen molar-refractivity contribution in [3.8, 4) is 0 Å². The molecule has 2 aliphatic rings. The highest BCUT2D eigenvalue weighted by atomic mass is 16.5. The Morgan fingerprint density at radius 3 is 1.70 bits per heavy atom. The zero-order chi connectivity index (χ0) is 16.6. The van der Waals surface area contributed by atoms with Gasteiger partial charge in [0.15, 0.2) is 0 Å². The van der Waals surface area contributed by atoms with Gasteiger partial charge in [-0.15, -0.1) is 0 Å². The minimum atomic E-state index is 0.169. The van der Waals surface area contributed by atoms with Crippen LogP contribution in [-0.4, -0.2) is 42.1 Å². The van der Waals surface area contributed by atoms with Gasteiger partial charge in [-0.25, -0.2) is 15.0 Å². The van der Waals surface area contributed by atoms with E-state index in [9.17, 15) is 0 Å². The van der Waals surface area contributed by atoms with Gasteiger partial charge in [0.1, 0.15) is 24.6 Å². The standard InChI is InChI=1S/C17H24N4O2/c1-9(2)14-7-22-16(20-14)12-5-11(18)6-13(19-12)17-21-15(8-23-17)10(3)4/h5-6,9-10,14-15H,7-8H2,1-4H3,(H2,18,19)/t14-,15-/m1/s1. The second-order valence-corrected chi connectivity index (χ2v) is 6.78. The molecule has 0 aromatic carbocycles. The van der Waals surface area contributed by atoms with E-state index < -0.39 is 0 Å². The van der Waals surface area contributed by atoms with Gasteiger partial charge in [0.25, 0.3) is 0 Å². The molecule has 0 amide bonds. The van der Waals surface area contributed by atoms with Gasteiger partial charge in [-0.3, -0.25) is 0 Å². The monoisotopic (exact) mass is 316 g/mol. The molecule has 23 heavy (non-hydrogen) atoms. The predicted octanol–water partition coefficient (Wildman–Crippen LogP) is 2.27. The summed E-state index contributed by atoms with van der Waals surface area (Å²) in [6.07, 6.45) is 0. The quantitative estimate of drug-likeness (QED) is 0.923. The normalized spacial score (nSPS) is 23.7. The number of anilines is 1. The van der Waals surface area contributed by atoms with Crippen molar-refractivity contribution in [2.24, 2.45) is 21.8 Å². The third-order valence-corrected chi connectivity index (χ3v) is 4.17. The molecule has 6 nitrogen and oxygen atoms in total. The summed E-state index contributed by atoms with van der Waals surface area (Å²) in [7, 11) is 0. The van der Waals surface area contributed by atoms with Crippen LogP contribution >= 0.6 is 0 Å². The Morgan fingerprint density at radius 1 is 0.913 bits per heavy atom. The van der Waals surface area contributed by atoms with E-state index in [1.807, 2.05) is 0 Å². The van der Waals surface area contributed by atoms with E-state index >= 15 is 0 Å². The number of hydrogen-bond donors (Lipinski definition) is 1. The Hall–Kier alpha value is -2.11. The van der Waals surface area contributed by atoms with Crippen LogP contribution in [0.1, 0.15) is 39.1 Å². The molecule has 3 rings (SSSR count). The zero-order valence-corrected chi connectivity index (χ0v) is 14.1. The fraction of sp³-hybridized carbons (Fsp3) is 0.588. The molecule has 124 valence electrons. The van der Waals surface area contributed by atoms with Crippen LogP contribution in [0.25, 0.3) is 0 Å². The van der Waals surface area contributed by atoms with Crippen molar-refractivity contribution in [2.75, 3.05) is 18.9 Å². The number of nitrogen functional groups attached to an aromatic ring is 1. The van der Waals surface area contributed by atoms with Crippen LogP contribution in [0.3, 0.4) is 0 Å². The summed E-state index contributed by atoms with van der Waals surface area (Å²) >= 11 is 0. The molecule has 0 aliphatic carbocycles. The maximum atomic E-state index is 6.02. The van der Waals surface area contributed by atoms with E-state index in [4.69, 9.17) is 15.2 Å². The summed E-state index contributed by atoms with van der Waals surface area (Å²) in [6, 6.07) is 3.89. The topological polar surface area (TPSA) is 82.1 Å². The molecule has 0 spiro atoms. The largest absolute Gasteiger partial charge is 0.474 e. The van der Waals surface area contributed by atoms with Gasteiger partial charge in [-0.05, 0) is 24.0 Å². The molecular formula is C17H24N4O2. The molecule has 2 N–H and O–H groups in total. The van der Waals surface area contributed by atoms with Crippen molar-refractivity contribution in [3.63, 3.8) is 0 Å². The summed E-state index contributed by atoms with van der Waals surface area (Å²) < 4.78 is 11.4. The SMILES string of the molecule is CC(C)[C@H]1COC(c2cc(N)cc(C3=N[C@@H](C(C)C)CO3)n2)=N1. The number of pyridine rings is 1. The third-order valence-electron chi connectivity index (χ3n) is 4.17. The molecule has 3 heterocycles. The molecular weight excluding hydrogens is 292 g/mol. The number of ether oxygens (including phenoxy) is 2. The van der Waals surface area contributed by atoms with E-state index in [2.05, 4.69) is 42.7 Å². The van der Waals surface area contributed by atoms with Crippen LogP contribution in [-0.2, 0) is 9.47 Å². The fourth-order valence-corrected chi connectivity index (χ4v) is 2.51. The Balaban J connectivity index is 1.89. The van der Waals surface area contributed by atoms with E-state index in [0.29, 0.717) is 53.9 Å². The number of rotatable bonds is 4. The Labute approximate surface area is 136 Å². The minimum absolute atomic E-state index is 0.169. The molecule has 0 fully saturated rings. The van der Waals surface area contributed by atoms with E-state index in [-0.39, 0.29) is 12.1 Å². The molecule has 1 aromatic heterocycles. The summed E-state index contributed by atoms with van der Waals surface area (Å²) in [6.45, 7) is 9.70. The average molecular weight is 316 g/mol. The molecule has 0 saturated heterocycles. The van der Waals surface area contributed by atoms with Crippen molar-refractivity contribution in [3.05, 3.63) is 23.5 Å². The summed E-state index contributed by atoms with van der Waals surface area (Å²) in [5, 5.41) is 0. The summed E-state index contributed by atoms with van der Waals surface area (Å²) in [4.78, 5) is 13.8. The van der Waals surface area contributed by atoms with Crippen molar-refractivity contribution < 1.29 is 9.47 Å². The first-order chi connectivity index (χ1) is 10.9. The highest BCUT2D eigenvalue weighted by Gasteiger charge is 2.27. The van der Waals surface area contributed by atoms with E-state index in [1.54, 1.807) is 12.1 Å². The first kappa shape index (κ1) is 15.8. The highest BCUT2D eigenvalue weighted by Crippen LogP contribution is 2.21. The first-order valence-electron chi connectivity index (χ1n) is 8.13. The Bertz CT molecular complexity index is 600. The molecule has 2 atom stereocenters. The van der Waals surface area contributed by atoms with Crippen LogP contribution in [0.5, 0.6) is 0 Å². The number of aliphatic imine (C=N–C) groups is 2. The highest BCUT2D eigenvalue weighted by molar-refractivity contribution is 5.98. The van der Waals surface area contributed by atoms with Crippen molar-refractivity contribution in [1.29, 1.82) is 0 Å². The van der Waals surface area contributed by atoms with E-state index in [0.717, 1.165) is 0 Å². The minimum Gasteiger partial charge on any atom is -0.474 e. The maximum Gasteiger partial charge on any atom is 0.235 e.